The Morgan fingerprint density at radius 2 is 1.13 bits per heavy atom. The maximum Gasteiger partial charge on any atom is 0.0805 e. The molecule has 124 valence electrons. The second-order valence-electron chi connectivity index (χ2n) is 5.23. The van der Waals surface area contributed by atoms with Gasteiger partial charge in [-0.3, -0.25) is 0 Å². The number of nitrogen functional groups attached to an aromatic ring is 7. The van der Waals surface area contributed by atoms with Gasteiger partial charge in [0.25, 0.3) is 0 Å². The zero-order valence-electron chi connectivity index (χ0n) is 12.5. The van der Waals surface area contributed by atoms with Crippen molar-refractivity contribution in [2.75, 3.05) is 40.1 Å². The molecule has 0 heterocycles. The van der Waals surface area contributed by atoms with Gasteiger partial charge in [-0.25, -0.2) is 0 Å². The zero-order valence-corrected chi connectivity index (χ0v) is 15.6. The van der Waals surface area contributed by atoms with Gasteiger partial charge in [-0.05, 0) is 58.2 Å². The zero-order chi connectivity index (χ0) is 17.3. The first-order valence-corrected chi connectivity index (χ1v) is 9.27. The summed E-state index contributed by atoms with van der Waals surface area (Å²) in [6.45, 7) is 0. The highest BCUT2D eigenvalue weighted by molar-refractivity contribution is 14.1. The Kier molecular flexibility index (Phi) is 5.16. The molecule has 9 heteroatoms. The summed E-state index contributed by atoms with van der Waals surface area (Å²) in [6.07, 6.45) is 1.51. The van der Waals surface area contributed by atoms with Crippen LogP contribution in [0.3, 0.4) is 0 Å². The number of benzene rings is 2. The van der Waals surface area contributed by atoms with E-state index in [1.54, 1.807) is 6.07 Å². The Morgan fingerprint density at radius 3 is 1.70 bits per heavy atom. The molecule has 0 fully saturated rings. The third-order valence-corrected chi connectivity index (χ3v) is 5.84. The van der Waals surface area contributed by atoms with Crippen molar-refractivity contribution in [2.24, 2.45) is 0 Å². The number of rotatable bonds is 4. The van der Waals surface area contributed by atoms with Crippen molar-refractivity contribution in [2.45, 2.75) is 12.3 Å². The molecule has 0 aliphatic carbocycles. The summed E-state index contributed by atoms with van der Waals surface area (Å²) >= 11 is 2.15. The van der Waals surface area contributed by atoms with Crippen LogP contribution in [0.1, 0.15) is 11.1 Å². The largest absolute Gasteiger partial charge is 0.397 e. The Balaban J connectivity index is 2.15. The van der Waals surface area contributed by atoms with E-state index in [1.165, 1.54) is 0 Å². The van der Waals surface area contributed by atoms with Gasteiger partial charge in [0.2, 0.25) is 0 Å². The minimum Gasteiger partial charge on any atom is -0.397 e. The van der Waals surface area contributed by atoms with Crippen molar-refractivity contribution in [3.63, 3.8) is 0 Å². The molecule has 0 aliphatic heterocycles. The minimum atomic E-state index is 0.333. The third kappa shape index (κ3) is 3.42. The van der Waals surface area contributed by atoms with Gasteiger partial charge in [0.1, 0.15) is 0 Å². The summed E-state index contributed by atoms with van der Waals surface area (Å²) in [6, 6.07) is 3.74. The van der Waals surface area contributed by atoms with Crippen LogP contribution in [0.25, 0.3) is 0 Å². The fourth-order valence-corrected chi connectivity index (χ4v) is 4.11. The van der Waals surface area contributed by atoms with Crippen LogP contribution in [0.2, 0.25) is 0 Å². The van der Waals surface area contributed by atoms with Crippen LogP contribution >= 0.6 is 31.2 Å². The standard InChI is InChI=1S/C14H21IN7P/c15-7-1-5(9(17)13(21)11(7)19)3-23-4-6-2-8(16)12(20)14(22)10(6)18/h1-2,23H,3-4,16-22H2. The number of nitrogens with two attached hydrogens (primary N) is 7. The lowest BCUT2D eigenvalue weighted by Gasteiger charge is -2.15. The van der Waals surface area contributed by atoms with Gasteiger partial charge in [-0.1, -0.05) is 0 Å². The first kappa shape index (κ1) is 17.6. The Labute approximate surface area is 150 Å². The summed E-state index contributed by atoms with van der Waals surface area (Å²) in [7, 11) is 0.547. The first-order chi connectivity index (χ1) is 10.7. The molecular formula is C14H21IN7P. The van der Waals surface area contributed by atoms with E-state index in [-0.39, 0.29) is 0 Å². The molecule has 1 atom stereocenters. The molecule has 2 rings (SSSR count). The molecule has 7 nitrogen and oxygen atoms in total. The minimum absolute atomic E-state index is 0.333. The average molecular weight is 445 g/mol. The molecule has 0 aromatic heterocycles. The molecule has 0 bridgehead atoms. The summed E-state index contributed by atoms with van der Waals surface area (Å²) < 4.78 is 0.898. The maximum absolute atomic E-state index is 6.04. The predicted molar refractivity (Wildman–Crippen MR) is 112 cm³/mol. The SMILES string of the molecule is Nc1cc(CPCc2cc(I)c(N)c(N)c2N)c(N)c(N)c1N. The van der Waals surface area contributed by atoms with Crippen LogP contribution in [0.4, 0.5) is 39.8 Å². The van der Waals surface area contributed by atoms with Crippen LogP contribution in [0.5, 0.6) is 0 Å². The van der Waals surface area contributed by atoms with E-state index < -0.39 is 0 Å². The van der Waals surface area contributed by atoms with E-state index >= 15 is 0 Å². The van der Waals surface area contributed by atoms with Crippen molar-refractivity contribution in [3.05, 3.63) is 26.8 Å². The molecule has 0 radical (unpaired) electrons. The van der Waals surface area contributed by atoms with E-state index in [2.05, 4.69) is 22.6 Å². The first-order valence-electron chi connectivity index (χ1n) is 6.78. The molecule has 0 aliphatic rings. The number of anilines is 7. The highest BCUT2D eigenvalue weighted by Gasteiger charge is 2.12. The highest BCUT2D eigenvalue weighted by atomic mass is 127. The van der Waals surface area contributed by atoms with Crippen molar-refractivity contribution in [1.82, 2.24) is 0 Å². The topological polar surface area (TPSA) is 182 Å². The number of hydrogen-bond acceptors (Lipinski definition) is 7. The summed E-state index contributed by atoms with van der Waals surface area (Å²) in [4.78, 5) is 0. The van der Waals surface area contributed by atoms with Gasteiger partial charge >= 0.3 is 0 Å². The van der Waals surface area contributed by atoms with Gasteiger partial charge in [0.15, 0.2) is 0 Å². The van der Waals surface area contributed by atoms with E-state index in [0.29, 0.717) is 48.4 Å². The predicted octanol–water partition coefficient (Wildman–Crippen LogP) is 1.75. The summed E-state index contributed by atoms with van der Waals surface area (Å²) in [5.41, 5.74) is 46.3. The number of halogens is 1. The van der Waals surface area contributed by atoms with Crippen LogP contribution < -0.4 is 40.1 Å². The van der Waals surface area contributed by atoms with Gasteiger partial charge in [-0.15, -0.1) is 8.58 Å². The van der Waals surface area contributed by atoms with Crippen LogP contribution in [-0.4, -0.2) is 0 Å². The summed E-state index contributed by atoms with van der Waals surface area (Å²) in [5, 5.41) is 0. The Hall–Kier alpha value is -1.80. The van der Waals surface area contributed by atoms with E-state index in [0.717, 1.165) is 27.0 Å². The van der Waals surface area contributed by atoms with Crippen molar-refractivity contribution < 1.29 is 0 Å². The Morgan fingerprint density at radius 1 is 0.652 bits per heavy atom. The second-order valence-corrected chi connectivity index (χ2v) is 7.60. The molecule has 0 amide bonds. The van der Waals surface area contributed by atoms with Crippen LogP contribution in [0.15, 0.2) is 12.1 Å². The molecule has 14 N–H and O–H groups in total. The molecule has 2 aromatic rings. The van der Waals surface area contributed by atoms with Gasteiger partial charge in [0, 0.05) is 3.57 Å². The van der Waals surface area contributed by atoms with Crippen LogP contribution in [0, 0.1) is 3.57 Å². The lowest BCUT2D eigenvalue weighted by atomic mass is 10.1. The smallest absolute Gasteiger partial charge is 0.0805 e. The van der Waals surface area contributed by atoms with Crippen molar-refractivity contribution >= 4 is 71.0 Å². The number of hydrogen-bond donors (Lipinski definition) is 7. The molecule has 0 saturated heterocycles. The molecule has 23 heavy (non-hydrogen) atoms. The molecule has 1 unspecified atom stereocenters. The highest BCUT2D eigenvalue weighted by Crippen LogP contribution is 2.38. The molecule has 2 aromatic carbocycles. The molecule has 0 spiro atoms. The lowest BCUT2D eigenvalue weighted by molar-refractivity contribution is 1.35. The van der Waals surface area contributed by atoms with Gasteiger partial charge in [0.05, 0.1) is 39.8 Å². The molecule has 0 saturated carbocycles. The van der Waals surface area contributed by atoms with E-state index in [1.807, 2.05) is 6.07 Å². The van der Waals surface area contributed by atoms with Crippen LogP contribution in [-0.2, 0) is 12.3 Å². The van der Waals surface area contributed by atoms with Gasteiger partial charge in [-0.2, -0.15) is 0 Å². The van der Waals surface area contributed by atoms with E-state index in [4.69, 9.17) is 40.1 Å². The second kappa shape index (κ2) is 6.76. The maximum atomic E-state index is 6.04. The fourth-order valence-electron chi connectivity index (χ4n) is 2.20. The van der Waals surface area contributed by atoms with E-state index in [9.17, 15) is 0 Å². The quantitative estimate of drug-likeness (QED) is 0.212. The average Bonchev–Trinajstić information content (AvgIpc) is 2.52. The Bertz CT molecular complexity index is 700. The van der Waals surface area contributed by atoms with Gasteiger partial charge < -0.3 is 40.1 Å². The van der Waals surface area contributed by atoms with Crippen molar-refractivity contribution in [3.8, 4) is 0 Å². The fraction of sp³-hybridized carbons (Fsp3) is 0.143. The summed E-state index contributed by atoms with van der Waals surface area (Å²) in [5.74, 6) is 0. The normalized spacial score (nSPS) is 11.3. The third-order valence-electron chi connectivity index (χ3n) is 3.68. The molecular weight excluding hydrogens is 424 g/mol. The monoisotopic (exact) mass is 445 g/mol. The van der Waals surface area contributed by atoms with Crippen molar-refractivity contribution in [1.29, 1.82) is 0 Å². The lowest BCUT2D eigenvalue weighted by Crippen LogP contribution is -2.07.